The van der Waals surface area contributed by atoms with Crippen LogP contribution < -0.4 is 4.74 Å². The highest BCUT2D eigenvalue weighted by Crippen LogP contribution is 2.19. The molecular formula is C17H22N2O2. The van der Waals surface area contributed by atoms with Gasteiger partial charge < -0.3 is 9.64 Å². The van der Waals surface area contributed by atoms with Crippen LogP contribution in [0.5, 0.6) is 5.75 Å². The molecule has 1 aliphatic rings. The Bertz CT molecular complexity index is 514. The molecule has 0 aromatic heterocycles. The van der Waals surface area contributed by atoms with Crippen LogP contribution in [0.25, 0.3) is 0 Å². The molecule has 1 aromatic carbocycles. The molecule has 2 rings (SSSR count). The summed E-state index contributed by atoms with van der Waals surface area (Å²) in [5.41, 5.74) is 0.962. The molecular weight excluding hydrogens is 264 g/mol. The normalized spacial score (nSPS) is 16.7. The zero-order chi connectivity index (χ0) is 15.1. The first-order chi connectivity index (χ1) is 10.2. The molecule has 0 aliphatic carbocycles. The average Bonchev–Trinajstić information content (AvgIpc) is 2.81. The fourth-order valence-electron chi connectivity index (χ4n) is 2.73. The lowest BCUT2D eigenvalue weighted by atomic mass is 9.99. The molecule has 0 spiro atoms. The molecule has 4 heteroatoms. The van der Waals surface area contributed by atoms with Gasteiger partial charge in [-0.25, -0.2) is 0 Å². The van der Waals surface area contributed by atoms with Crippen LogP contribution in [0.3, 0.4) is 0 Å². The maximum Gasteiger partial charge on any atom is 0.240 e. The monoisotopic (exact) mass is 286 g/mol. The van der Waals surface area contributed by atoms with Gasteiger partial charge in [-0.05, 0) is 37.0 Å². The third-order valence-electron chi connectivity index (χ3n) is 3.95. The van der Waals surface area contributed by atoms with Gasteiger partial charge in [0.05, 0.1) is 13.2 Å². The minimum atomic E-state index is -0.602. The number of rotatable bonds is 4. The summed E-state index contributed by atoms with van der Waals surface area (Å²) >= 11 is 0. The van der Waals surface area contributed by atoms with E-state index >= 15 is 0 Å². The van der Waals surface area contributed by atoms with E-state index in [-0.39, 0.29) is 5.91 Å². The zero-order valence-electron chi connectivity index (χ0n) is 12.5. The lowest BCUT2D eigenvalue weighted by Gasteiger charge is -2.23. The maximum atomic E-state index is 12.5. The molecule has 0 bridgehead atoms. The van der Waals surface area contributed by atoms with Crippen molar-refractivity contribution in [2.24, 2.45) is 5.92 Å². The highest BCUT2D eigenvalue weighted by atomic mass is 16.5. The Hall–Kier alpha value is -2.02. The molecule has 0 radical (unpaired) electrons. The number of hydrogen-bond donors (Lipinski definition) is 0. The van der Waals surface area contributed by atoms with E-state index in [1.54, 1.807) is 7.11 Å². The van der Waals surface area contributed by atoms with Gasteiger partial charge in [0.2, 0.25) is 5.91 Å². The Morgan fingerprint density at radius 2 is 2.05 bits per heavy atom. The molecule has 4 nitrogen and oxygen atoms in total. The van der Waals surface area contributed by atoms with Gasteiger partial charge in [0.1, 0.15) is 11.7 Å². The van der Waals surface area contributed by atoms with Gasteiger partial charge >= 0.3 is 0 Å². The second-order valence-corrected chi connectivity index (χ2v) is 5.48. The second kappa shape index (κ2) is 7.68. The number of likely N-dealkylation sites (tertiary alicyclic amines) is 1. The Morgan fingerprint density at radius 3 is 2.67 bits per heavy atom. The minimum absolute atomic E-state index is 0.0257. The summed E-state index contributed by atoms with van der Waals surface area (Å²) < 4.78 is 5.19. The van der Waals surface area contributed by atoms with Crippen molar-refractivity contribution in [1.82, 2.24) is 4.90 Å². The highest BCUT2D eigenvalue weighted by molar-refractivity contribution is 5.81. The Labute approximate surface area is 126 Å². The number of hydrogen-bond acceptors (Lipinski definition) is 3. The van der Waals surface area contributed by atoms with Crippen molar-refractivity contribution in [1.29, 1.82) is 5.26 Å². The van der Waals surface area contributed by atoms with Crippen LogP contribution in [-0.2, 0) is 11.2 Å². The SMILES string of the molecule is COc1cccc(CC(C#N)C(=O)N2CCCCCC2)c1. The third-order valence-corrected chi connectivity index (χ3v) is 3.95. The van der Waals surface area contributed by atoms with Gasteiger partial charge in [-0.3, -0.25) is 4.79 Å². The van der Waals surface area contributed by atoms with Gasteiger partial charge in [0, 0.05) is 13.1 Å². The van der Waals surface area contributed by atoms with Crippen LogP contribution in [0.1, 0.15) is 31.2 Å². The largest absolute Gasteiger partial charge is 0.497 e. The molecule has 1 aromatic rings. The summed E-state index contributed by atoms with van der Waals surface area (Å²) in [5, 5.41) is 9.36. The fraction of sp³-hybridized carbons (Fsp3) is 0.529. The summed E-state index contributed by atoms with van der Waals surface area (Å²) in [6.45, 7) is 1.57. The average molecular weight is 286 g/mol. The molecule has 0 saturated carbocycles. The van der Waals surface area contributed by atoms with E-state index in [1.807, 2.05) is 29.2 Å². The van der Waals surface area contributed by atoms with Crippen molar-refractivity contribution in [3.63, 3.8) is 0 Å². The van der Waals surface area contributed by atoms with E-state index in [2.05, 4.69) is 6.07 Å². The van der Waals surface area contributed by atoms with Crippen LogP contribution in [0, 0.1) is 17.2 Å². The molecule has 1 fully saturated rings. The van der Waals surface area contributed by atoms with E-state index in [9.17, 15) is 10.1 Å². The van der Waals surface area contributed by atoms with Gasteiger partial charge in [-0.1, -0.05) is 25.0 Å². The number of nitrogens with zero attached hydrogens (tertiary/aromatic N) is 2. The Kier molecular flexibility index (Phi) is 5.62. The molecule has 112 valence electrons. The van der Waals surface area contributed by atoms with Crippen molar-refractivity contribution in [3.8, 4) is 11.8 Å². The predicted octanol–water partition coefficient (Wildman–Crippen LogP) is 2.78. The van der Waals surface area contributed by atoms with Gasteiger partial charge in [0.25, 0.3) is 0 Å². The van der Waals surface area contributed by atoms with Crippen LogP contribution >= 0.6 is 0 Å². The lowest BCUT2D eigenvalue weighted by molar-refractivity contribution is -0.133. The van der Waals surface area contributed by atoms with E-state index in [0.29, 0.717) is 6.42 Å². The lowest BCUT2D eigenvalue weighted by Crippen LogP contribution is -2.37. The fourth-order valence-corrected chi connectivity index (χ4v) is 2.73. The first-order valence-electron chi connectivity index (χ1n) is 7.56. The molecule has 1 unspecified atom stereocenters. The topological polar surface area (TPSA) is 53.3 Å². The van der Waals surface area contributed by atoms with Crippen LogP contribution in [0.4, 0.5) is 0 Å². The van der Waals surface area contributed by atoms with Gasteiger partial charge in [-0.2, -0.15) is 5.26 Å². The first-order valence-corrected chi connectivity index (χ1v) is 7.56. The smallest absolute Gasteiger partial charge is 0.240 e. The Balaban J connectivity index is 2.04. The summed E-state index contributed by atoms with van der Waals surface area (Å²) in [6, 6.07) is 9.75. The second-order valence-electron chi connectivity index (χ2n) is 5.48. The van der Waals surface area contributed by atoms with Crippen molar-refractivity contribution >= 4 is 5.91 Å². The number of ether oxygens (including phenoxy) is 1. The Morgan fingerprint density at radius 1 is 1.33 bits per heavy atom. The molecule has 1 atom stereocenters. The summed E-state index contributed by atoms with van der Waals surface area (Å²) in [4.78, 5) is 14.4. The van der Waals surface area contributed by atoms with Gasteiger partial charge in [0.15, 0.2) is 0 Å². The number of nitriles is 1. The molecule has 21 heavy (non-hydrogen) atoms. The molecule has 1 heterocycles. The standard InChI is InChI=1S/C17H22N2O2/c1-21-16-8-6-7-14(12-16)11-15(13-18)17(20)19-9-4-2-3-5-10-19/h6-8,12,15H,2-5,9-11H2,1H3. The van der Waals surface area contributed by atoms with Crippen LogP contribution in [-0.4, -0.2) is 31.0 Å². The predicted molar refractivity (Wildman–Crippen MR) is 80.8 cm³/mol. The van der Waals surface area contributed by atoms with Crippen molar-refractivity contribution in [2.75, 3.05) is 20.2 Å². The minimum Gasteiger partial charge on any atom is -0.497 e. The summed E-state index contributed by atoms with van der Waals surface area (Å²) in [6.07, 6.45) is 4.89. The van der Waals surface area contributed by atoms with E-state index in [1.165, 1.54) is 12.8 Å². The molecule has 1 saturated heterocycles. The van der Waals surface area contributed by atoms with E-state index in [0.717, 1.165) is 37.2 Å². The van der Waals surface area contributed by atoms with Crippen molar-refractivity contribution < 1.29 is 9.53 Å². The summed E-state index contributed by atoms with van der Waals surface area (Å²) in [7, 11) is 1.61. The van der Waals surface area contributed by atoms with Gasteiger partial charge in [-0.15, -0.1) is 0 Å². The molecule has 1 amide bonds. The number of carbonyl (C=O) groups is 1. The number of methoxy groups -OCH3 is 1. The maximum absolute atomic E-state index is 12.5. The van der Waals surface area contributed by atoms with Crippen molar-refractivity contribution in [3.05, 3.63) is 29.8 Å². The van der Waals surface area contributed by atoms with Crippen LogP contribution in [0.15, 0.2) is 24.3 Å². The molecule has 1 aliphatic heterocycles. The van der Waals surface area contributed by atoms with E-state index in [4.69, 9.17) is 4.74 Å². The van der Waals surface area contributed by atoms with Crippen LogP contribution in [0.2, 0.25) is 0 Å². The quantitative estimate of drug-likeness (QED) is 0.855. The van der Waals surface area contributed by atoms with E-state index < -0.39 is 5.92 Å². The van der Waals surface area contributed by atoms with Crippen molar-refractivity contribution in [2.45, 2.75) is 32.1 Å². The highest BCUT2D eigenvalue weighted by Gasteiger charge is 2.25. The number of amides is 1. The zero-order valence-corrected chi connectivity index (χ0v) is 12.5. The number of benzene rings is 1. The number of carbonyl (C=O) groups excluding carboxylic acids is 1. The third kappa shape index (κ3) is 4.22. The first kappa shape index (κ1) is 15.4. The summed E-state index contributed by atoms with van der Waals surface area (Å²) in [5.74, 6) is 0.129. The molecule has 0 N–H and O–H groups in total.